The Bertz CT molecular complexity index is 1490. The molecule has 0 saturated heterocycles. The predicted molar refractivity (Wildman–Crippen MR) is 362 cm³/mol. The topological polar surface area (TPSA) is 111 Å². The van der Waals surface area contributed by atoms with Gasteiger partial charge in [-0.3, -0.25) is 9.59 Å². The number of esters is 2. The van der Waals surface area contributed by atoms with Gasteiger partial charge in [-0.15, -0.1) is 0 Å². The number of rotatable bonds is 70. The molecule has 0 radical (unpaired) electrons. The molecule has 0 rings (SSSR count). The number of hydrogen-bond acceptors (Lipinski definition) is 8. The van der Waals surface area contributed by atoms with Gasteiger partial charge in [0.2, 0.25) is 0 Å². The van der Waals surface area contributed by atoms with Crippen molar-refractivity contribution in [1.82, 2.24) is 0 Å². The first-order chi connectivity index (χ1) is 41.6. The molecule has 0 aromatic rings. The van der Waals surface area contributed by atoms with Gasteiger partial charge in [0.15, 0.2) is 12.4 Å². The van der Waals surface area contributed by atoms with E-state index in [2.05, 4.69) is 50.3 Å². The van der Waals surface area contributed by atoms with Crippen LogP contribution in [0.15, 0.2) is 36.5 Å². The molecule has 9 nitrogen and oxygen atoms in total. The van der Waals surface area contributed by atoms with E-state index < -0.39 is 24.3 Å². The number of allylic oxidation sites excluding steroid dienone is 6. The first-order valence-corrected chi connectivity index (χ1v) is 37.1. The quantitative estimate of drug-likeness (QED) is 0.0195. The van der Waals surface area contributed by atoms with Crippen molar-refractivity contribution in [3.05, 3.63) is 36.5 Å². The highest BCUT2D eigenvalue weighted by molar-refractivity contribution is 5.70. The summed E-state index contributed by atoms with van der Waals surface area (Å²) in [5, 5.41) is 11.8. The van der Waals surface area contributed by atoms with Gasteiger partial charge in [-0.1, -0.05) is 346 Å². The zero-order valence-corrected chi connectivity index (χ0v) is 57.3. The first kappa shape index (κ1) is 82.5. The van der Waals surface area contributed by atoms with Crippen molar-refractivity contribution in [2.75, 3.05) is 47.5 Å². The number of carbonyl (C=O) groups is 3. The Morgan fingerprint density at radius 2 is 0.635 bits per heavy atom. The summed E-state index contributed by atoms with van der Waals surface area (Å²) in [6, 6.07) is 0. The van der Waals surface area contributed by atoms with Crippen LogP contribution in [0, 0.1) is 0 Å². The average molecular weight is 1200 g/mol. The summed E-state index contributed by atoms with van der Waals surface area (Å²) >= 11 is 0. The van der Waals surface area contributed by atoms with E-state index in [0.29, 0.717) is 23.9 Å². The SMILES string of the molecule is CCCCCCC/C=C\C/C=C\C/C=C\CCCCCCCCCCCCCCCCC(=O)OC(COC(=O)CCCCCCCCCCCCCCCCCCCCCCCCCCCCCCCCC)COC(OCC[N+](C)(C)C)C(=O)[O-]. The number of likely N-dealkylation sites (N-methyl/N-ethyl adjacent to an activating group) is 1. The molecule has 2 unspecified atom stereocenters. The van der Waals surface area contributed by atoms with Gasteiger partial charge in [-0.25, -0.2) is 0 Å². The lowest BCUT2D eigenvalue weighted by atomic mass is 10.0. The number of ether oxygens (including phenoxy) is 4. The predicted octanol–water partition coefficient (Wildman–Crippen LogP) is 21.8. The van der Waals surface area contributed by atoms with Gasteiger partial charge < -0.3 is 33.3 Å². The summed E-state index contributed by atoms with van der Waals surface area (Å²) in [6.07, 6.45) is 82.5. The smallest absolute Gasteiger partial charge is 0.306 e. The van der Waals surface area contributed by atoms with Crippen LogP contribution in [0.3, 0.4) is 0 Å². The normalized spacial score (nSPS) is 12.8. The summed E-state index contributed by atoms with van der Waals surface area (Å²) in [4.78, 5) is 37.5. The van der Waals surface area contributed by atoms with Crippen LogP contribution >= 0.6 is 0 Å². The molecule has 9 heteroatoms. The van der Waals surface area contributed by atoms with Crippen molar-refractivity contribution < 1.29 is 42.9 Å². The minimum absolute atomic E-state index is 0.150. The van der Waals surface area contributed by atoms with E-state index in [-0.39, 0.29) is 32.2 Å². The molecule has 0 amide bonds. The van der Waals surface area contributed by atoms with Gasteiger partial charge in [0.25, 0.3) is 0 Å². The number of carboxylic acids is 1. The summed E-state index contributed by atoms with van der Waals surface area (Å²) in [7, 11) is 5.95. The van der Waals surface area contributed by atoms with Crippen molar-refractivity contribution in [3.63, 3.8) is 0 Å². The molecule has 0 N–H and O–H groups in total. The molecular weight excluding hydrogens is 1050 g/mol. The molecule has 0 aliphatic rings. The van der Waals surface area contributed by atoms with Crippen LogP contribution in [0.2, 0.25) is 0 Å². The van der Waals surface area contributed by atoms with E-state index in [1.54, 1.807) is 0 Å². The van der Waals surface area contributed by atoms with Gasteiger partial charge in [0.05, 0.1) is 40.3 Å². The molecular formula is C76H143NO8. The van der Waals surface area contributed by atoms with Crippen molar-refractivity contribution >= 4 is 17.9 Å². The van der Waals surface area contributed by atoms with Crippen LogP contribution in [-0.2, 0) is 33.3 Å². The summed E-state index contributed by atoms with van der Waals surface area (Å²) < 4.78 is 22.8. The van der Waals surface area contributed by atoms with Crippen molar-refractivity contribution in [1.29, 1.82) is 0 Å². The van der Waals surface area contributed by atoms with Gasteiger partial charge >= 0.3 is 11.9 Å². The number of aliphatic carboxylic acids is 1. The van der Waals surface area contributed by atoms with E-state index in [1.165, 1.54) is 295 Å². The van der Waals surface area contributed by atoms with Crippen LogP contribution in [0.25, 0.3) is 0 Å². The summed E-state index contributed by atoms with van der Waals surface area (Å²) in [5.41, 5.74) is 0. The molecule has 0 aromatic carbocycles. The fourth-order valence-corrected chi connectivity index (χ4v) is 11.2. The van der Waals surface area contributed by atoms with Gasteiger partial charge in [-0.2, -0.15) is 0 Å². The molecule has 0 fully saturated rings. The molecule has 85 heavy (non-hydrogen) atoms. The number of nitrogens with zero attached hydrogens (tertiary/aromatic N) is 1. The lowest BCUT2D eigenvalue weighted by molar-refractivity contribution is -0.870. The molecule has 0 aromatic heterocycles. The second-order valence-corrected chi connectivity index (χ2v) is 26.6. The third-order valence-electron chi connectivity index (χ3n) is 16.9. The minimum Gasteiger partial charge on any atom is -0.545 e. The van der Waals surface area contributed by atoms with Crippen molar-refractivity contribution in [2.45, 2.75) is 386 Å². The fraction of sp³-hybridized carbons (Fsp3) is 0.882. The number of quaternary nitrogens is 1. The Balaban J connectivity index is 4.04. The van der Waals surface area contributed by atoms with Gasteiger partial charge in [-0.05, 0) is 51.4 Å². The Morgan fingerprint density at radius 1 is 0.353 bits per heavy atom. The number of carbonyl (C=O) groups excluding carboxylic acids is 3. The monoisotopic (exact) mass is 1200 g/mol. The van der Waals surface area contributed by atoms with E-state index in [4.69, 9.17) is 18.9 Å². The number of hydrogen-bond donors (Lipinski definition) is 0. The Morgan fingerprint density at radius 3 is 0.941 bits per heavy atom. The second-order valence-electron chi connectivity index (χ2n) is 26.6. The molecule has 500 valence electrons. The molecule has 0 aliphatic heterocycles. The lowest BCUT2D eigenvalue weighted by Gasteiger charge is -2.26. The second kappa shape index (κ2) is 67.4. The zero-order chi connectivity index (χ0) is 61.9. The van der Waals surface area contributed by atoms with Crippen LogP contribution in [0.5, 0.6) is 0 Å². The Labute approximate surface area is 528 Å². The van der Waals surface area contributed by atoms with Crippen LogP contribution < -0.4 is 5.11 Å². The van der Waals surface area contributed by atoms with Crippen molar-refractivity contribution in [3.8, 4) is 0 Å². The molecule has 0 heterocycles. The van der Waals surface area contributed by atoms with E-state index in [9.17, 15) is 19.5 Å². The Hall–Kier alpha value is -2.49. The minimum atomic E-state index is -1.62. The van der Waals surface area contributed by atoms with Crippen LogP contribution in [0.4, 0.5) is 0 Å². The average Bonchev–Trinajstić information content (AvgIpc) is 3.48. The highest BCUT2D eigenvalue weighted by Gasteiger charge is 2.22. The lowest BCUT2D eigenvalue weighted by Crippen LogP contribution is -2.44. The van der Waals surface area contributed by atoms with Crippen LogP contribution in [-0.4, -0.2) is 82.3 Å². The maximum absolute atomic E-state index is 12.9. The number of carboxylic acid groups (broad SMARTS) is 1. The van der Waals surface area contributed by atoms with Gasteiger partial charge in [0.1, 0.15) is 13.2 Å². The molecule has 0 bridgehead atoms. The van der Waals surface area contributed by atoms with E-state index >= 15 is 0 Å². The maximum Gasteiger partial charge on any atom is 0.306 e. The maximum atomic E-state index is 12.9. The highest BCUT2D eigenvalue weighted by atomic mass is 16.7. The molecule has 0 spiro atoms. The fourth-order valence-electron chi connectivity index (χ4n) is 11.2. The Kier molecular flexibility index (Phi) is 65.5. The molecule has 0 saturated carbocycles. The largest absolute Gasteiger partial charge is 0.545 e. The van der Waals surface area contributed by atoms with Crippen LogP contribution in [0.1, 0.15) is 373 Å². The zero-order valence-electron chi connectivity index (χ0n) is 57.3. The highest BCUT2D eigenvalue weighted by Crippen LogP contribution is 2.19. The third kappa shape index (κ3) is 68.9. The van der Waals surface area contributed by atoms with E-state index in [1.807, 2.05) is 21.1 Å². The standard InChI is InChI=1S/C76H143NO8/c1-6-8-10-12-14-16-18-20-22-24-26-28-30-32-34-36-37-39-40-42-44-46-48-50-52-54-56-58-60-62-64-66-73(78)83-70-72(71-84-76(75(80)81)82-69-68-77(3,4)5)85-74(79)67-65-63-61-59-57-55-53-51-49-47-45-43-41-38-35-33-31-29-27-25-23-21-19-17-15-13-11-9-7-2/h19,21,25,27,31,33,72,76H,6-18,20,22-24,26,28-30,32,34-71H2,1-5H3/b21-19-,27-25-,33-31-. The third-order valence-corrected chi connectivity index (χ3v) is 16.9. The van der Waals surface area contributed by atoms with E-state index in [0.717, 1.165) is 44.9 Å². The summed E-state index contributed by atoms with van der Waals surface area (Å²) in [6.45, 7) is 4.81. The van der Waals surface area contributed by atoms with Crippen molar-refractivity contribution in [2.24, 2.45) is 0 Å². The first-order valence-electron chi connectivity index (χ1n) is 37.1. The number of unbranched alkanes of at least 4 members (excludes halogenated alkanes) is 49. The molecule has 0 aliphatic carbocycles. The molecule has 2 atom stereocenters. The van der Waals surface area contributed by atoms with Gasteiger partial charge in [0, 0.05) is 12.8 Å². The summed E-state index contributed by atoms with van der Waals surface area (Å²) in [5.74, 6) is -2.26.